The molecule has 7 atom stereocenters. The lowest BCUT2D eigenvalue weighted by molar-refractivity contribution is -0.254. The third-order valence-electron chi connectivity index (χ3n) is 11.4. The molecule has 2 aromatic rings. The Balaban J connectivity index is 1.52. The largest absolute Gasteiger partial charge is 0.487 e. The number of rotatable bonds is 18. The van der Waals surface area contributed by atoms with Gasteiger partial charge in [0.15, 0.2) is 0 Å². The molecule has 12 nitrogen and oxygen atoms in total. The van der Waals surface area contributed by atoms with Crippen LogP contribution in [0.3, 0.4) is 0 Å². The average Bonchev–Trinajstić information content (AvgIpc) is 3.20. The first-order valence-electron chi connectivity index (χ1n) is 20.1. The highest BCUT2D eigenvalue weighted by Crippen LogP contribution is 2.61. The molecule has 2 fully saturated rings. The lowest BCUT2D eigenvalue weighted by Crippen LogP contribution is -2.69. The Bertz CT molecular complexity index is 1660. The molecule has 3 heterocycles. The second-order valence-corrected chi connectivity index (χ2v) is 15.0. The summed E-state index contributed by atoms with van der Waals surface area (Å²) in [5, 5.41) is 24.5. The Morgan fingerprint density at radius 3 is 2.67 bits per heavy atom. The lowest BCUT2D eigenvalue weighted by atomic mass is 9.55. The van der Waals surface area contributed by atoms with Crippen LogP contribution < -0.4 is 9.47 Å². The summed E-state index contributed by atoms with van der Waals surface area (Å²) in [5.74, 6) is -0.385. The molecule has 0 bridgehead atoms. The number of likely N-dealkylation sites (N-methyl/N-ethyl adjacent to an activating group) is 1. The van der Waals surface area contributed by atoms with Gasteiger partial charge in [-0.2, -0.15) is 0 Å². The summed E-state index contributed by atoms with van der Waals surface area (Å²) in [5.41, 5.74) is 4.42. The number of ether oxygens (including phenoxy) is 5. The first kappa shape index (κ1) is 40.7. The predicted octanol–water partition coefficient (Wildman–Crippen LogP) is 7.22. The summed E-state index contributed by atoms with van der Waals surface area (Å²) in [6.45, 7) is 9.28. The number of benzene rings is 1. The minimum atomic E-state index is -1.35. The Hall–Kier alpha value is -3.97. The monoisotopic (exact) mass is 761 g/mol. The Morgan fingerprint density at radius 1 is 1.13 bits per heavy atom. The van der Waals surface area contributed by atoms with E-state index in [1.165, 1.54) is 0 Å². The maximum atomic E-state index is 13.6. The zero-order valence-electron chi connectivity index (χ0n) is 32.7. The molecule has 6 rings (SSSR count). The number of oxime groups is 1. The minimum Gasteiger partial charge on any atom is -0.487 e. The van der Waals surface area contributed by atoms with Gasteiger partial charge in [0.05, 0.1) is 37.1 Å². The molecule has 0 radical (unpaired) electrons. The molecule has 2 aliphatic heterocycles. The van der Waals surface area contributed by atoms with Crippen LogP contribution in [0.25, 0.3) is 0 Å². The van der Waals surface area contributed by atoms with Crippen LogP contribution in [-0.2, 0) is 25.7 Å². The van der Waals surface area contributed by atoms with Gasteiger partial charge in [-0.05, 0) is 100 Å². The van der Waals surface area contributed by atoms with Gasteiger partial charge in [0.2, 0.25) is 12.1 Å². The number of allylic oxidation sites excluding steroid dienone is 1. The third kappa shape index (κ3) is 9.20. The quantitative estimate of drug-likeness (QED) is 0.0909. The molecule has 1 aromatic heterocycles. The first-order chi connectivity index (χ1) is 26.8. The van der Waals surface area contributed by atoms with E-state index in [-0.39, 0.29) is 50.6 Å². The van der Waals surface area contributed by atoms with E-state index in [1.54, 1.807) is 24.9 Å². The molecule has 12 heteroatoms. The Kier molecular flexibility index (Phi) is 14.2. The standard InChI is InChI=1S/C43H59N3O9/c1-5-23-53-43-38(46(4)42(49)50-6-2)27-36(45-55-39-18-9-12-24-51-39)34-25-30(15-7-10-21-47)33(17-8-11-22-48)40(41(34)43)35-26-32(19-20-37(35)54-43)52-28-31-16-13-14-29(3)44-31/h5,13-14,16,19-20,25-26,30,33,38-41,47-48H,1,6-12,15,17-18,21-24,27-28H2,2-4H3/t30-,33+,38-,39?,40+,41+,43+/m0/s1. The van der Waals surface area contributed by atoms with Crippen molar-refractivity contribution in [2.75, 3.05) is 40.1 Å². The molecule has 55 heavy (non-hydrogen) atoms. The van der Waals surface area contributed by atoms with Crippen LogP contribution in [0.1, 0.15) is 94.0 Å². The number of hydrogen-bond acceptors (Lipinski definition) is 11. The van der Waals surface area contributed by atoms with Crippen LogP contribution in [0.4, 0.5) is 4.79 Å². The Labute approximate surface area is 325 Å². The summed E-state index contributed by atoms with van der Waals surface area (Å²) < 4.78 is 32.0. The molecule has 1 saturated carbocycles. The molecule has 300 valence electrons. The van der Waals surface area contributed by atoms with Crippen molar-refractivity contribution in [2.24, 2.45) is 22.9 Å². The van der Waals surface area contributed by atoms with Crippen molar-refractivity contribution in [3.05, 3.63) is 77.7 Å². The van der Waals surface area contributed by atoms with Crippen molar-refractivity contribution < 1.29 is 43.5 Å². The van der Waals surface area contributed by atoms with Crippen molar-refractivity contribution in [1.29, 1.82) is 0 Å². The highest BCUT2D eigenvalue weighted by molar-refractivity contribution is 6.02. The first-order valence-corrected chi connectivity index (χ1v) is 20.1. The molecule has 0 spiro atoms. The van der Waals surface area contributed by atoms with E-state index in [2.05, 4.69) is 23.7 Å². The fourth-order valence-electron chi connectivity index (χ4n) is 8.92. The van der Waals surface area contributed by atoms with Crippen LogP contribution in [0.2, 0.25) is 0 Å². The summed E-state index contributed by atoms with van der Waals surface area (Å²) >= 11 is 0. The maximum Gasteiger partial charge on any atom is 0.409 e. The topological polar surface area (TPSA) is 141 Å². The number of carbonyl (C=O) groups is 1. The number of unbranched alkanes of at least 4 members (excludes halogenated alkanes) is 2. The minimum absolute atomic E-state index is 0.0949. The smallest absolute Gasteiger partial charge is 0.409 e. The predicted molar refractivity (Wildman–Crippen MR) is 208 cm³/mol. The summed E-state index contributed by atoms with van der Waals surface area (Å²) in [7, 11) is 1.72. The van der Waals surface area contributed by atoms with E-state index < -0.39 is 30.1 Å². The number of aliphatic hydroxyl groups is 2. The number of aliphatic hydroxyl groups excluding tert-OH is 2. The zero-order chi connectivity index (χ0) is 38.8. The van der Waals surface area contributed by atoms with Crippen molar-refractivity contribution in [2.45, 2.75) is 109 Å². The fourth-order valence-corrected chi connectivity index (χ4v) is 8.92. The number of hydrogen-bond donors (Lipinski definition) is 2. The van der Waals surface area contributed by atoms with Gasteiger partial charge in [0.1, 0.15) is 24.1 Å². The number of aromatic nitrogens is 1. The molecule has 1 saturated heterocycles. The van der Waals surface area contributed by atoms with E-state index >= 15 is 0 Å². The van der Waals surface area contributed by atoms with Crippen molar-refractivity contribution in [3.63, 3.8) is 0 Å². The molecule has 1 aromatic carbocycles. The van der Waals surface area contributed by atoms with Crippen LogP contribution in [0, 0.1) is 24.7 Å². The van der Waals surface area contributed by atoms with Gasteiger partial charge in [-0.15, -0.1) is 6.58 Å². The number of amides is 1. The van der Waals surface area contributed by atoms with Gasteiger partial charge in [-0.25, -0.2) is 4.79 Å². The number of pyridine rings is 1. The normalized spacial score (nSPS) is 27.6. The van der Waals surface area contributed by atoms with Crippen LogP contribution in [0.5, 0.6) is 11.5 Å². The lowest BCUT2D eigenvalue weighted by Gasteiger charge is -2.59. The van der Waals surface area contributed by atoms with Gasteiger partial charge < -0.3 is 43.6 Å². The van der Waals surface area contributed by atoms with E-state index in [0.29, 0.717) is 43.3 Å². The molecular formula is C43H59N3O9. The van der Waals surface area contributed by atoms with Crippen LogP contribution in [-0.4, -0.2) is 90.1 Å². The van der Waals surface area contributed by atoms with Gasteiger partial charge in [-0.3, -0.25) is 4.98 Å². The van der Waals surface area contributed by atoms with E-state index in [0.717, 1.165) is 67.5 Å². The SMILES string of the molecule is C=CCO[C@@]12Oc3ccc(OCc4cccc(C)n4)cc3[C@H]3[C@H](CCCCO)[C@@H](CCCCO)C=C(C(=NOC4CCCCO4)C[C@@H]1N(C)C(=O)OCC)[C@H]32. The van der Waals surface area contributed by atoms with Crippen molar-refractivity contribution in [1.82, 2.24) is 9.88 Å². The third-order valence-corrected chi connectivity index (χ3v) is 11.4. The van der Waals surface area contributed by atoms with E-state index in [9.17, 15) is 15.0 Å². The zero-order valence-corrected chi connectivity index (χ0v) is 32.7. The van der Waals surface area contributed by atoms with Crippen LogP contribution >= 0.6 is 0 Å². The number of carbonyl (C=O) groups excluding carboxylic acids is 1. The number of fused-ring (bicyclic) bond motifs is 2. The molecular weight excluding hydrogens is 702 g/mol. The van der Waals surface area contributed by atoms with Crippen molar-refractivity contribution in [3.8, 4) is 11.5 Å². The molecule has 1 unspecified atom stereocenters. The second-order valence-electron chi connectivity index (χ2n) is 15.0. The van der Waals surface area contributed by atoms with Crippen molar-refractivity contribution >= 4 is 11.8 Å². The van der Waals surface area contributed by atoms with E-state index in [4.69, 9.17) is 33.7 Å². The molecule has 2 N–H and O–H groups in total. The average molecular weight is 762 g/mol. The van der Waals surface area contributed by atoms with Gasteiger partial charge in [0, 0.05) is 50.3 Å². The van der Waals surface area contributed by atoms with E-state index in [1.807, 2.05) is 37.3 Å². The van der Waals surface area contributed by atoms with Gasteiger partial charge in [-0.1, -0.05) is 36.2 Å². The maximum absolute atomic E-state index is 13.6. The fraction of sp³-hybridized carbons (Fsp3) is 0.605. The Morgan fingerprint density at radius 2 is 1.95 bits per heavy atom. The molecule has 2 aliphatic carbocycles. The molecule has 4 aliphatic rings. The second kappa shape index (κ2) is 19.3. The van der Waals surface area contributed by atoms with Crippen LogP contribution in [0.15, 0.2) is 65.9 Å². The summed E-state index contributed by atoms with van der Waals surface area (Å²) in [4.78, 5) is 26.0. The number of aryl methyl sites for hydroxylation is 1. The summed E-state index contributed by atoms with van der Waals surface area (Å²) in [6, 6.07) is 11.2. The molecule has 1 amide bonds. The van der Waals surface area contributed by atoms with Gasteiger partial charge in [0.25, 0.3) is 0 Å². The summed E-state index contributed by atoms with van der Waals surface area (Å²) in [6.07, 6.45) is 10.8. The highest BCUT2D eigenvalue weighted by atomic mass is 16.8. The van der Waals surface area contributed by atoms with Gasteiger partial charge >= 0.3 is 6.09 Å². The highest BCUT2D eigenvalue weighted by Gasteiger charge is 2.65. The number of nitrogens with zero attached hydrogens (tertiary/aromatic N) is 3.